The van der Waals surface area contributed by atoms with Crippen molar-refractivity contribution in [1.82, 2.24) is 30.1 Å². The van der Waals surface area contributed by atoms with Crippen LogP contribution in [0.3, 0.4) is 0 Å². The van der Waals surface area contributed by atoms with Crippen molar-refractivity contribution in [3.8, 4) is 0 Å². The zero-order valence-electron chi connectivity index (χ0n) is 19.4. The van der Waals surface area contributed by atoms with E-state index in [9.17, 15) is 28.8 Å². The number of rotatable bonds is 11. The Morgan fingerprint density at radius 2 is 1.97 bits per heavy atom. The van der Waals surface area contributed by atoms with Crippen LogP contribution in [0.2, 0.25) is 0 Å². The smallest absolute Gasteiger partial charge is 0.287 e. The molecule has 1 atom stereocenters. The Bertz CT molecular complexity index is 1240. The lowest BCUT2D eigenvalue weighted by molar-refractivity contribution is -0.137. The number of Topliss-reactive ketones (excluding diaryl/α,β-unsaturated/α-hetero) is 1. The summed E-state index contributed by atoms with van der Waals surface area (Å²) in [6.45, 7) is -0.202. The number of pyridine rings is 1. The fraction of sp³-hybridized carbons (Fsp3) is 0.455. The van der Waals surface area contributed by atoms with Crippen molar-refractivity contribution < 1.29 is 24.0 Å². The van der Waals surface area contributed by atoms with Crippen molar-refractivity contribution in [3.05, 3.63) is 39.8 Å². The van der Waals surface area contributed by atoms with Gasteiger partial charge in [0.15, 0.2) is 5.69 Å². The Kier molecular flexibility index (Phi) is 7.24. The van der Waals surface area contributed by atoms with E-state index in [0.717, 1.165) is 30.8 Å². The lowest BCUT2D eigenvalue weighted by Gasteiger charge is -2.61. The number of amides is 4. The summed E-state index contributed by atoms with van der Waals surface area (Å²) in [6.07, 6.45) is 3.82. The lowest BCUT2D eigenvalue weighted by atomic mass is 9.50. The molecule has 5 rings (SSSR count). The summed E-state index contributed by atoms with van der Waals surface area (Å²) >= 11 is 0.944. The van der Waals surface area contributed by atoms with E-state index in [4.69, 9.17) is 0 Å². The van der Waals surface area contributed by atoms with Gasteiger partial charge in [-0.2, -0.15) is 0 Å². The first-order valence-corrected chi connectivity index (χ1v) is 12.2. The molecule has 3 fully saturated rings. The van der Waals surface area contributed by atoms with Gasteiger partial charge in [0.25, 0.3) is 17.4 Å². The molecular weight excluding hydrogens is 490 g/mol. The molecule has 2 aromatic rings. The minimum Gasteiger partial charge on any atom is -0.353 e. The van der Waals surface area contributed by atoms with Gasteiger partial charge in [-0.1, -0.05) is 4.49 Å². The first-order valence-electron chi connectivity index (χ1n) is 11.3. The zero-order valence-corrected chi connectivity index (χ0v) is 20.2. The second kappa shape index (κ2) is 10.4. The molecular formula is C22H25N7O6S. The topological polar surface area (TPSA) is 181 Å². The largest absolute Gasteiger partial charge is 0.353 e. The molecule has 2 heterocycles. The van der Waals surface area contributed by atoms with E-state index in [1.807, 2.05) is 0 Å². The van der Waals surface area contributed by atoms with E-state index < -0.39 is 35.1 Å². The Morgan fingerprint density at radius 1 is 1.22 bits per heavy atom. The molecule has 2 bridgehead atoms. The number of carbonyl (C=O) groups excluding carboxylic acids is 5. The molecule has 0 aromatic carbocycles. The Morgan fingerprint density at radius 3 is 2.58 bits per heavy atom. The second-order valence-electron chi connectivity index (χ2n) is 9.01. The van der Waals surface area contributed by atoms with Gasteiger partial charge < -0.3 is 25.8 Å². The van der Waals surface area contributed by atoms with Gasteiger partial charge in [-0.25, -0.2) is 0 Å². The molecule has 0 saturated heterocycles. The molecule has 14 heteroatoms. The summed E-state index contributed by atoms with van der Waals surface area (Å²) in [4.78, 5) is 74.2. The van der Waals surface area contributed by atoms with Crippen LogP contribution in [0.4, 0.5) is 5.69 Å². The number of carbonyl (C=O) groups is 5. The minimum atomic E-state index is -1.26. The molecule has 190 valence electrons. The molecule has 4 N–H and O–H groups in total. The molecule has 4 amide bonds. The highest BCUT2D eigenvalue weighted by molar-refractivity contribution is 7.03. The SMILES string of the molecule is CNC(=O)C(=O)CC[C@H](NC(=O)c1csnn1)C(=O)Nc1cccn(CC(=O)NC23CC(C2)C3)c1=O. The maximum atomic E-state index is 13.0. The van der Waals surface area contributed by atoms with E-state index in [-0.39, 0.29) is 42.2 Å². The number of nitrogens with zero attached hydrogens (tertiary/aromatic N) is 3. The van der Waals surface area contributed by atoms with Crippen LogP contribution in [0.5, 0.6) is 0 Å². The van der Waals surface area contributed by atoms with Gasteiger partial charge in [0, 0.05) is 30.6 Å². The summed E-state index contributed by atoms with van der Waals surface area (Å²) in [7, 11) is 1.30. The van der Waals surface area contributed by atoms with Gasteiger partial charge in [-0.05, 0) is 55.3 Å². The Labute approximate surface area is 209 Å². The predicted octanol–water partition coefficient (Wildman–Crippen LogP) is -0.799. The number of aromatic nitrogens is 3. The summed E-state index contributed by atoms with van der Waals surface area (Å²) in [5.74, 6) is -2.66. The molecule has 36 heavy (non-hydrogen) atoms. The number of ketones is 1. The van der Waals surface area contributed by atoms with Crippen LogP contribution in [-0.2, 0) is 25.7 Å². The quantitative estimate of drug-likeness (QED) is 0.281. The predicted molar refractivity (Wildman–Crippen MR) is 127 cm³/mol. The maximum absolute atomic E-state index is 13.0. The molecule has 13 nitrogen and oxygen atoms in total. The van der Waals surface area contributed by atoms with Crippen LogP contribution in [-0.4, -0.2) is 62.2 Å². The molecule has 2 aromatic heterocycles. The Hall–Kier alpha value is -3.94. The lowest BCUT2D eigenvalue weighted by Crippen LogP contribution is -2.68. The molecule has 3 saturated carbocycles. The van der Waals surface area contributed by atoms with Gasteiger partial charge in [-0.3, -0.25) is 28.8 Å². The highest BCUT2D eigenvalue weighted by Crippen LogP contribution is 2.56. The normalized spacial score (nSPS) is 20.2. The zero-order chi connectivity index (χ0) is 25.9. The molecule has 3 aliphatic rings. The molecule has 0 aliphatic heterocycles. The highest BCUT2D eigenvalue weighted by Gasteiger charge is 2.57. The highest BCUT2D eigenvalue weighted by atomic mass is 32.1. The van der Waals surface area contributed by atoms with E-state index in [1.165, 1.54) is 35.3 Å². The van der Waals surface area contributed by atoms with Crippen LogP contribution < -0.4 is 26.8 Å². The van der Waals surface area contributed by atoms with Crippen molar-refractivity contribution >= 4 is 46.6 Å². The fourth-order valence-electron chi connectivity index (χ4n) is 4.39. The average Bonchev–Trinajstić information content (AvgIpc) is 3.35. The van der Waals surface area contributed by atoms with Crippen LogP contribution in [0.25, 0.3) is 0 Å². The van der Waals surface area contributed by atoms with E-state index in [1.54, 1.807) is 0 Å². The van der Waals surface area contributed by atoms with E-state index >= 15 is 0 Å². The van der Waals surface area contributed by atoms with Crippen molar-refractivity contribution in [2.75, 3.05) is 12.4 Å². The van der Waals surface area contributed by atoms with Crippen LogP contribution in [0.1, 0.15) is 42.6 Å². The molecule has 0 unspecified atom stereocenters. The summed E-state index contributed by atoms with van der Waals surface area (Å²) in [5, 5.41) is 15.1. The summed E-state index contributed by atoms with van der Waals surface area (Å²) < 4.78 is 4.78. The maximum Gasteiger partial charge on any atom is 0.287 e. The number of anilines is 1. The molecule has 0 radical (unpaired) electrons. The third-order valence-corrected chi connectivity index (χ3v) is 6.89. The monoisotopic (exact) mass is 515 g/mol. The van der Waals surface area contributed by atoms with Crippen LogP contribution in [0, 0.1) is 5.92 Å². The van der Waals surface area contributed by atoms with Gasteiger partial charge in [0.2, 0.25) is 17.6 Å². The van der Waals surface area contributed by atoms with Crippen molar-refractivity contribution in [3.63, 3.8) is 0 Å². The van der Waals surface area contributed by atoms with Crippen molar-refractivity contribution in [1.29, 1.82) is 0 Å². The number of hydrogen-bond donors (Lipinski definition) is 4. The van der Waals surface area contributed by atoms with Gasteiger partial charge in [-0.15, -0.1) is 5.10 Å². The van der Waals surface area contributed by atoms with Crippen LogP contribution in [0.15, 0.2) is 28.5 Å². The molecule has 3 aliphatic carbocycles. The number of nitrogens with one attached hydrogen (secondary N) is 4. The fourth-order valence-corrected chi connectivity index (χ4v) is 4.83. The third-order valence-electron chi connectivity index (χ3n) is 6.39. The Balaban J connectivity index is 1.43. The standard InChI is InChI=1S/C22H25N7O6S/c1-23-20(34)16(30)5-4-13(24-19(33)15-11-36-28-27-15)18(32)25-14-3-2-6-29(21(14)35)10-17(31)26-22-7-12(8-22)9-22/h2-3,6,11-13H,4-5,7-10H2,1H3,(H,23,34)(H,24,33)(H,25,32)(H,26,31)/t12?,13-,22?/m0/s1. The number of hydrogen-bond acceptors (Lipinski definition) is 9. The van der Waals surface area contributed by atoms with E-state index in [0.29, 0.717) is 5.92 Å². The van der Waals surface area contributed by atoms with Gasteiger partial charge >= 0.3 is 0 Å². The average molecular weight is 516 g/mol. The van der Waals surface area contributed by atoms with Gasteiger partial charge in [0.05, 0.1) is 0 Å². The van der Waals surface area contributed by atoms with Crippen LogP contribution >= 0.6 is 11.5 Å². The summed E-state index contributed by atoms with van der Waals surface area (Å²) in [5.41, 5.74) is -0.851. The van der Waals surface area contributed by atoms with Crippen molar-refractivity contribution in [2.45, 2.75) is 50.2 Å². The second-order valence-corrected chi connectivity index (χ2v) is 9.62. The first kappa shape index (κ1) is 25.2. The third kappa shape index (κ3) is 5.48. The molecule has 0 spiro atoms. The summed E-state index contributed by atoms with van der Waals surface area (Å²) in [6, 6.07) is 1.62. The van der Waals surface area contributed by atoms with Crippen molar-refractivity contribution in [2.24, 2.45) is 5.92 Å². The minimum absolute atomic E-state index is 0.0211. The first-order chi connectivity index (χ1) is 17.2. The van der Waals surface area contributed by atoms with Gasteiger partial charge in [0.1, 0.15) is 18.3 Å². The number of likely N-dealkylation sites (N-methyl/N-ethyl adjacent to an activating group) is 1. The van der Waals surface area contributed by atoms with E-state index in [2.05, 4.69) is 30.9 Å².